The van der Waals surface area contributed by atoms with Crippen LogP contribution in [0.3, 0.4) is 0 Å². The minimum atomic E-state index is 0.0476. The van der Waals surface area contributed by atoms with Gasteiger partial charge in [0.05, 0.1) is 0 Å². The molecule has 1 saturated heterocycles. The molecular formula is C19H25N5O2. The summed E-state index contributed by atoms with van der Waals surface area (Å²) in [5, 5.41) is 10.6. The van der Waals surface area contributed by atoms with E-state index in [1.54, 1.807) is 0 Å². The van der Waals surface area contributed by atoms with E-state index in [4.69, 9.17) is 4.74 Å². The van der Waals surface area contributed by atoms with E-state index in [9.17, 15) is 4.79 Å². The molecule has 3 heterocycles. The first-order chi connectivity index (χ1) is 12.8. The Bertz CT molecular complexity index is 738. The monoisotopic (exact) mass is 355 g/mol. The van der Waals surface area contributed by atoms with Crippen LogP contribution < -0.4 is 10.1 Å². The van der Waals surface area contributed by atoms with Crippen molar-refractivity contribution in [2.45, 2.75) is 13.0 Å². The number of aromatic nitrogens is 2. The number of nitrogens with one attached hydrogen (secondary N) is 2. The van der Waals surface area contributed by atoms with Crippen molar-refractivity contribution < 1.29 is 9.53 Å². The van der Waals surface area contributed by atoms with Gasteiger partial charge in [-0.25, -0.2) is 0 Å². The molecule has 0 saturated carbocycles. The molecule has 138 valence electrons. The van der Waals surface area contributed by atoms with Gasteiger partial charge in [0.2, 0.25) is 0 Å². The normalized spacial score (nSPS) is 17.8. The Morgan fingerprint density at radius 1 is 1.15 bits per heavy atom. The van der Waals surface area contributed by atoms with E-state index in [2.05, 4.69) is 20.4 Å². The summed E-state index contributed by atoms with van der Waals surface area (Å²) < 4.78 is 5.76. The maximum absolute atomic E-state index is 12.8. The molecule has 0 atom stereocenters. The SMILES string of the molecule is O=C(c1n[nH]c2c1CNCC2)N1CCN(CCOc2ccccc2)CC1. The van der Waals surface area contributed by atoms with Gasteiger partial charge >= 0.3 is 0 Å². The zero-order valence-corrected chi connectivity index (χ0v) is 14.9. The second kappa shape index (κ2) is 7.88. The van der Waals surface area contributed by atoms with E-state index in [-0.39, 0.29) is 5.91 Å². The first-order valence-corrected chi connectivity index (χ1v) is 9.27. The number of hydrogen-bond donors (Lipinski definition) is 2. The van der Waals surface area contributed by atoms with Gasteiger partial charge in [-0.15, -0.1) is 0 Å². The third kappa shape index (κ3) is 3.73. The van der Waals surface area contributed by atoms with E-state index < -0.39 is 0 Å². The van der Waals surface area contributed by atoms with E-state index >= 15 is 0 Å². The molecule has 1 fully saturated rings. The van der Waals surface area contributed by atoms with Crippen LogP contribution in [0.25, 0.3) is 0 Å². The molecular weight excluding hydrogens is 330 g/mol. The molecule has 0 aliphatic carbocycles. The third-order valence-corrected chi connectivity index (χ3v) is 5.09. The van der Waals surface area contributed by atoms with Gasteiger partial charge in [-0.3, -0.25) is 14.8 Å². The van der Waals surface area contributed by atoms with Crippen LogP contribution >= 0.6 is 0 Å². The zero-order chi connectivity index (χ0) is 17.8. The summed E-state index contributed by atoms with van der Waals surface area (Å²) >= 11 is 0. The van der Waals surface area contributed by atoms with E-state index in [1.807, 2.05) is 35.2 Å². The number of carbonyl (C=O) groups is 1. The first-order valence-electron chi connectivity index (χ1n) is 9.27. The van der Waals surface area contributed by atoms with Crippen molar-refractivity contribution in [3.05, 3.63) is 47.3 Å². The Morgan fingerprint density at radius 2 is 1.96 bits per heavy atom. The van der Waals surface area contributed by atoms with Crippen molar-refractivity contribution in [2.24, 2.45) is 0 Å². The molecule has 2 aliphatic heterocycles. The van der Waals surface area contributed by atoms with Crippen molar-refractivity contribution in [3.8, 4) is 5.75 Å². The number of H-pyrrole nitrogens is 1. The van der Waals surface area contributed by atoms with Crippen LogP contribution in [0, 0.1) is 0 Å². The average molecular weight is 355 g/mol. The molecule has 0 unspecified atom stereocenters. The van der Waals surface area contributed by atoms with Crippen LogP contribution in [0.2, 0.25) is 0 Å². The van der Waals surface area contributed by atoms with Gasteiger partial charge < -0.3 is 15.0 Å². The molecule has 1 aromatic carbocycles. The molecule has 7 heteroatoms. The lowest BCUT2D eigenvalue weighted by Gasteiger charge is -2.34. The fourth-order valence-electron chi connectivity index (χ4n) is 3.54. The van der Waals surface area contributed by atoms with Crippen LogP contribution in [0.4, 0.5) is 0 Å². The lowest BCUT2D eigenvalue weighted by molar-refractivity contribution is 0.0613. The highest BCUT2D eigenvalue weighted by Crippen LogP contribution is 2.18. The summed E-state index contributed by atoms with van der Waals surface area (Å²) in [6.45, 7) is 6.41. The Kier molecular flexibility index (Phi) is 5.17. The lowest BCUT2D eigenvalue weighted by atomic mass is 10.1. The number of aromatic amines is 1. The number of benzene rings is 1. The molecule has 26 heavy (non-hydrogen) atoms. The molecule has 4 rings (SSSR count). The lowest BCUT2D eigenvalue weighted by Crippen LogP contribution is -2.49. The number of para-hydroxylation sites is 1. The molecule has 2 aromatic rings. The quantitative estimate of drug-likeness (QED) is 0.833. The zero-order valence-electron chi connectivity index (χ0n) is 14.9. The molecule has 7 nitrogen and oxygen atoms in total. The Morgan fingerprint density at radius 3 is 2.77 bits per heavy atom. The summed E-state index contributed by atoms with van der Waals surface area (Å²) in [5.41, 5.74) is 2.73. The number of fused-ring (bicyclic) bond motifs is 1. The highest BCUT2D eigenvalue weighted by molar-refractivity contribution is 5.94. The molecule has 0 radical (unpaired) electrons. The standard InChI is InChI=1S/C19H25N5O2/c25-19(18-16-14-20-7-6-17(16)21-22-18)24-10-8-23(9-11-24)12-13-26-15-4-2-1-3-5-15/h1-5,20H,6-14H2,(H,21,22). The van der Waals surface area contributed by atoms with Gasteiger partial charge in [-0.05, 0) is 12.1 Å². The van der Waals surface area contributed by atoms with Gasteiger partial charge in [0, 0.05) is 63.5 Å². The summed E-state index contributed by atoms with van der Waals surface area (Å²) in [4.78, 5) is 17.1. The smallest absolute Gasteiger partial charge is 0.274 e. The Labute approximate surface area is 153 Å². The van der Waals surface area contributed by atoms with Gasteiger partial charge in [0.15, 0.2) is 5.69 Å². The maximum Gasteiger partial charge on any atom is 0.274 e. The topological polar surface area (TPSA) is 73.5 Å². The second-order valence-corrected chi connectivity index (χ2v) is 6.75. The number of ether oxygens (including phenoxy) is 1. The predicted octanol–water partition coefficient (Wildman–Crippen LogP) is 0.892. The highest BCUT2D eigenvalue weighted by Gasteiger charge is 2.27. The largest absolute Gasteiger partial charge is 0.492 e. The minimum Gasteiger partial charge on any atom is -0.492 e. The maximum atomic E-state index is 12.8. The number of piperazine rings is 1. The highest BCUT2D eigenvalue weighted by atomic mass is 16.5. The van der Waals surface area contributed by atoms with Crippen LogP contribution in [-0.4, -0.2) is 71.8 Å². The Hall–Kier alpha value is -2.38. The van der Waals surface area contributed by atoms with Crippen LogP contribution in [0.1, 0.15) is 21.7 Å². The van der Waals surface area contributed by atoms with E-state index in [0.717, 1.165) is 69.2 Å². The fourth-order valence-corrected chi connectivity index (χ4v) is 3.54. The van der Waals surface area contributed by atoms with Crippen LogP contribution in [0.5, 0.6) is 5.75 Å². The molecule has 0 spiro atoms. The summed E-state index contributed by atoms with van der Waals surface area (Å²) in [5.74, 6) is 0.949. The van der Waals surface area contributed by atoms with Crippen molar-refractivity contribution >= 4 is 5.91 Å². The van der Waals surface area contributed by atoms with Crippen molar-refractivity contribution in [1.82, 2.24) is 25.3 Å². The van der Waals surface area contributed by atoms with Gasteiger partial charge in [0.1, 0.15) is 12.4 Å². The van der Waals surface area contributed by atoms with Crippen molar-refractivity contribution in [3.63, 3.8) is 0 Å². The molecule has 2 aliphatic rings. The Balaban J connectivity index is 1.26. The fraction of sp³-hybridized carbons (Fsp3) is 0.474. The number of hydrogen-bond acceptors (Lipinski definition) is 5. The third-order valence-electron chi connectivity index (χ3n) is 5.09. The number of carbonyl (C=O) groups excluding carboxylic acids is 1. The molecule has 1 amide bonds. The summed E-state index contributed by atoms with van der Waals surface area (Å²) in [6, 6.07) is 9.87. The molecule has 2 N–H and O–H groups in total. The second-order valence-electron chi connectivity index (χ2n) is 6.75. The number of nitrogens with zero attached hydrogens (tertiary/aromatic N) is 3. The van der Waals surface area contributed by atoms with Crippen molar-refractivity contribution in [1.29, 1.82) is 0 Å². The number of amides is 1. The van der Waals surface area contributed by atoms with Crippen molar-refractivity contribution in [2.75, 3.05) is 45.9 Å². The molecule has 1 aromatic heterocycles. The van der Waals surface area contributed by atoms with Gasteiger partial charge in [0.25, 0.3) is 5.91 Å². The van der Waals surface area contributed by atoms with E-state index in [1.165, 1.54) is 0 Å². The first kappa shape index (κ1) is 17.1. The van der Waals surface area contributed by atoms with Crippen LogP contribution in [0.15, 0.2) is 30.3 Å². The van der Waals surface area contributed by atoms with Crippen LogP contribution in [-0.2, 0) is 13.0 Å². The minimum absolute atomic E-state index is 0.0476. The summed E-state index contributed by atoms with van der Waals surface area (Å²) in [7, 11) is 0. The number of rotatable bonds is 5. The van der Waals surface area contributed by atoms with Gasteiger partial charge in [-0.1, -0.05) is 18.2 Å². The van der Waals surface area contributed by atoms with E-state index in [0.29, 0.717) is 12.3 Å². The molecule has 0 bridgehead atoms. The predicted molar refractivity (Wildman–Crippen MR) is 98.3 cm³/mol. The average Bonchev–Trinajstić information content (AvgIpc) is 3.13. The van der Waals surface area contributed by atoms with Gasteiger partial charge in [-0.2, -0.15) is 5.10 Å². The summed E-state index contributed by atoms with van der Waals surface area (Å²) in [6.07, 6.45) is 0.908.